The molecule has 2 N–H and O–H groups in total. The fourth-order valence-corrected chi connectivity index (χ4v) is 8.13. The van der Waals surface area contributed by atoms with Gasteiger partial charge in [0.15, 0.2) is 0 Å². The zero-order valence-corrected chi connectivity index (χ0v) is 40.6. The maximum Gasteiger partial charge on any atom is 0.268 e. The van der Waals surface area contributed by atoms with Crippen molar-refractivity contribution in [2.45, 2.75) is 251 Å². The van der Waals surface area contributed by atoms with Gasteiger partial charge in [-0.2, -0.15) is 0 Å². The molecule has 0 saturated heterocycles. The summed E-state index contributed by atoms with van der Waals surface area (Å²) in [5, 5.41) is 13.8. The van der Waals surface area contributed by atoms with E-state index in [0.717, 1.165) is 38.5 Å². The van der Waals surface area contributed by atoms with Crippen molar-refractivity contribution in [3.05, 3.63) is 24.3 Å². The highest BCUT2D eigenvalue weighted by atomic mass is 31.2. The van der Waals surface area contributed by atoms with Gasteiger partial charge < -0.3 is 28.8 Å². The number of carbonyl (C=O) groups excluding carboxylic acids is 1. The second-order valence-corrected chi connectivity index (χ2v) is 19.9. The number of nitrogens with one attached hydrogen (secondary N) is 1. The van der Waals surface area contributed by atoms with Crippen LogP contribution in [0.15, 0.2) is 24.3 Å². The Labute approximate surface area is 366 Å². The van der Waals surface area contributed by atoms with Crippen LogP contribution >= 0.6 is 7.82 Å². The van der Waals surface area contributed by atoms with Crippen LogP contribution in [0.4, 0.5) is 0 Å². The monoisotopic (exact) mass is 855 g/mol. The molecule has 0 rings (SSSR count). The zero-order chi connectivity index (χ0) is 43.6. The number of aliphatic hydroxyl groups is 1. The molecule has 59 heavy (non-hydrogen) atoms. The molecule has 0 aliphatic carbocycles. The standard InChI is InChI=1S/C50H99N2O6P/c1-6-8-10-12-14-16-18-19-20-21-22-23-24-25-26-27-28-29-30-31-32-34-35-37-39-41-43-49(53)48(47-58-59(55,56)57-46-45-52(3,4)5)51-50(54)44-42-40-38-36-33-17-15-13-11-9-7-2/h34-35,41,43,48-49,53H,6-33,36-40,42,44-47H2,1-5H3,(H-,51,54,55,56)/b35-34+,43-41+. The summed E-state index contributed by atoms with van der Waals surface area (Å²) >= 11 is 0. The maximum absolute atomic E-state index is 12.8. The number of allylic oxidation sites excluding steroid dienone is 3. The Morgan fingerprint density at radius 3 is 1.37 bits per heavy atom. The van der Waals surface area contributed by atoms with Crippen LogP contribution in [-0.4, -0.2) is 68.5 Å². The number of hydrogen-bond donors (Lipinski definition) is 2. The SMILES string of the molecule is CCCCCCCCCCCCCCCCCCCCCC/C=C/CC/C=C/C(O)C(COP(=O)([O-])OCC[N+](C)(C)C)NC(=O)CCCCCCCCCCCCC. The molecular formula is C50H99N2O6P. The largest absolute Gasteiger partial charge is 0.756 e. The molecule has 9 heteroatoms. The van der Waals surface area contributed by atoms with Crippen LogP contribution in [0, 0.1) is 0 Å². The van der Waals surface area contributed by atoms with E-state index in [2.05, 4.69) is 31.3 Å². The highest BCUT2D eigenvalue weighted by molar-refractivity contribution is 7.45. The second kappa shape index (κ2) is 42.3. The van der Waals surface area contributed by atoms with Crippen molar-refractivity contribution in [2.24, 2.45) is 0 Å². The highest BCUT2D eigenvalue weighted by Crippen LogP contribution is 2.38. The molecule has 0 bridgehead atoms. The average Bonchev–Trinajstić information content (AvgIpc) is 3.19. The van der Waals surface area contributed by atoms with E-state index in [0.29, 0.717) is 17.4 Å². The van der Waals surface area contributed by atoms with Gasteiger partial charge >= 0.3 is 0 Å². The zero-order valence-electron chi connectivity index (χ0n) is 39.7. The summed E-state index contributed by atoms with van der Waals surface area (Å²) in [6.45, 7) is 4.63. The van der Waals surface area contributed by atoms with E-state index in [1.165, 1.54) is 180 Å². The summed E-state index contributed by atoms with van der Waals surface area (Å²) in [6, 6.07) is -0.898. The molecule has 3 unspecified atom stereocenters. The number of likely N-dealkylation sites (N-methyl/N-ethyl adjacent to an activating group) is 1. The smallest absolute Gasteiger partial charge is 0.268 e. The number of aliphatic hydroxyl groups excluding tert-OH is 1. The summed E-state index contributed by atoms with van der Waals surface area (Å²) in [6.07, 6.45) is 51.1. The lowest BCUT2D eigenvalue weighted by atomic mass is 10.0. The van der Waals surface area contributed by atoms with Gasteiger partial charge in [-0.05, 0) is 32.1 Å². The molecule has 0 aromatic rings. The summed E-state index contributed by atoms with van der Waals surface area (Å²) in [7, 11) is 1.25. The number of quaternary nitrogens is 1. The van der Waals surface area contributed by atoms with Crippen LogP contribution in [-0.2, 0) is 18.4 Å². The van der Waals surface area contributed by atoms with Crippen molar-refractivity contribution in [1.82, 2.24) is 5.32 Å². The summed E-state index contributed by atoms with van der Waals surface area (Å²) in [4.78, 5) is 25.3. The molecule has 350 valence electrons. The van der Waals surface area contributed by atoms with E-state index in [-0.39, 0.29) is 19.1 Å². The third kappa shape index (κ3) is 44.8. The first-order valence-corrected chi connectivity index (χ1v) is 26.7. The number of phosphoric acid groups is 1. The fourth-order valence-electron chi connectivity index (χ4n) is 7.41. The third-order valence-electron chi connectivity index (χ3n) is 11.4. The molecule has 0 fully saturated rings. The Morgan fingerprint density at radius 2 is 0.949 bits per heavy atom. The minimum Gasteiger partial charge on any atom is -0.756 e. The quantitative estimate of drug-likeness (QED) is 0.0273. The first-order valence-electron chi connectivity index (χ1n) is 25.2. The van der Waals surface area contributed by atoms with Gasteiger partial charge in [0.25, 0.3) is 7.82 Å². The number of rotatable bonds is 46. The maximum atomic E-state index is 12.8. The number of amides is 1. The normalized spacial score (nSPS) is 14.4. The topological polar surface area (TPSA) is 108 Å². The summed E-state index contributed by atoms with van der Waals surface area (Å²) in [5.41, 5.74) is 0. The number of phosphoric ester groups is 1. The molecule has 3 atom stereocenters. The lowest BCUT2D eigenvalue weighted by Gasteiger charge is -2.29. The molecule has 0 saturated carbocycles. The molecule has 1 amide bonds. The summed E-state index contributed by atoms with van der Waals surface area (Å²) in [5.74, 6) is -0.207. The molecular weight excluding hydrogens is 756 g/mol. The van der Waals surface area contributed by atoms with Crippen LogP contribution in [0.3, 0.4) is 0 Å². The molecule has 0 aliphatic rings. The Balaban J connectivity index is 4.23. The molecule has 0 spiro atoms. The van der Waals surface area contributed by atoms with Gasteiger partial charge in [0, 0.05) is 6.42 Å². The lowest BCUT2D eigenvalue weighted by Crippen LogP contribution is -2.45. The van der Waals surface area contributed by atoms with Gasteiger partial charge in [-0.15, -0.1) is 0 Å². The Morgan fingerprint density at radius 1 is 0.576 bits per heavy atom. The van der Waals surface area contributed by atoms with E-state index in [1.54, 1.807) is 6.08 Å². The van der Waals surface area contributed by atoms with Crippen molar-refractivity contribution >= 4 is 13.7 Å². The van der Waals surface area contributed by atoms with Crippen molar-refractivity contribution < 1.29 is 32.9 Å². The van der Waals surface area contributed by atoms with E-state index in [9.17, 15) is 19.4 Å². The van der Waals surface area contributed by atoms with E-state index in [1.807, 2.05) is 27.2 Å². The molecule has 8 nitrogen and oxygen atoms in total. The predicted octanol–water partition coefficient (Wildman–Crippen LogP) is 13.8. The molecule has 0 aromatic heterocycles. The summed E-state index contributed by atoms with van der Waals surface area (Å²) < 4.78 is 23.2. The number of nitrogens with zero attached hydrogens (tertiary/aromatic N) is 1. The van der Waals surface area contributed by atoms with Crippen molar-refractivity contribution in [3.63, 3.8) is 0 Å². The van der Waals surface area contributed by atoms with Gasteiger partial charge in [0.2, 0.25) is 5.91 Å². The highest BCUT2D eigenvalue weighted by Gasteiger charge is 2.23. The van der Waals surface area contributed by atoms with Crippen molar-refractivity contribution in [1.29, 1.82) is 0 Å². The Hall–Kier alpha value is -1.02. The van der Waals surface area contributed by atoms with Gasteiger partial charge in [0.05, 0.1) is 39.9 Å². The lowest BCUT2D eigenvalue weighted by molar-refractivity contribution is -0.870. The first-order chi connectivity index (χ1) is 28.5. The van der Waals surface area contributed by atoms with Crippen LogP contribution in [0.5, 0.6) is 0 Å². The predicted molar refractivity (Wildman–Crippen MR) is 252 cm³/mol. The third-order valence-corrected chi connectivity index (χ3v) is 12.4. The van der Waals surface area contributed by atoms with Crippen LogP contribution in [0.25, 0.3) is 0 Å². The van der Waals surface area contributed by atoms with Gasteiger partial charge in [-0.3, -0.25) is 9.36 Å². The second-order valence-electron chi connectivity index (χ2n) is 18.5. The van der Waals surface area contributed by atoms with Crippen molar-refractivity contribution in [3.8, 4) is 0 Å². The number of carbonyl (C=O) groups is 1. The van der Waals surface area contributed by atoms with Crippen LogP contribution in [0.1, 0.15) is 239 Å². The van der Waals surface area contributed by atoms with Crippen molar-refractivity contribution in [2.75, 3.05) is 40.9 Å². The number of hydrogen-bond acceptors (Lipinski definition) is 6. The van der Waals surface area contributed by atoms with Crippen LogP contribution in [0.2, 0.25) is 0 Å². The van der Waals surface area contributed by atoms with E-state index in [4.69, 9.17) is 9.05 Å². The van der Waals surface area contributed by atoms with Gasteiger partial charge in [0.1, 0.15) is 13.2 Å². The fraction of sp³-hybridized carbons (Fsp3) is 0.900. The number of unbranched alkanes of at least 4 members (excludes halogenated alkanes) is 31. The van der Waals surface area contributed by atoms with Gasteiger partial charge in [-0.25, -0.2) is 0 Å². The molecule has 0 heterocycles. The molecule has 0 radical (unpaired) electrons. The Bertz CT molecular complexity index is 1020. The minimum absolute atomic E-state index is 0.00424. The first kappa shape index (κ1) is 58.0. The average molecular weight is 855 g/mol. The molecule has 0 aliphatic heterocycles. The Kier molecular flexibility index (Phi) is 41.6. The van der Waals surface area contributed by atoms with Gasteiger partial charge in [-0.1, -0.05) is 224 Å². The van der Waals surface area contributed by atoms with E-state index < -0.39 is 20.0 Å². The minimum atomic E-state index is -4.59. The van der Waals surface area contributed by atoms with Crippen LogP contribution < -0.4 is 10.2 Å². The van der Waals surface area contributed by atoms with E-state index >= 15 is 0 Å². The molecule has 0 aromatic carbocycles.